The Balaban J connectivity index is 2.00. The largest absolute Gasteiger partial charge is 0.506 e. The summed E-state index contributed by atoms with van der Waals surface area (Å²) in [5, 5.41) is 18.3. The number of hydrogen-bond donors (Lipinski definition) is 2. The van der Waals surface area contributed by atoms with E-state index in [0.717, 1.165) is 19.5 Å². The van der Waals surface area contributed by atoms with E-state index in [4.69, 9.17) is 5.11 Å². The van der Waals surface area contributed by atoms with Crippen molar-refractivity contribution < 1.29 is 15.0 Å². The Bertz CT molecular complexity index is 439. The lowest BCUT2D eigenvalue weighted by molar-refractivity contribution is 0.0759. The maximum atomic E-state index is 12.3. The number of aromatic hydroxyl groups is 1. The van der Waals surface area contributed by atoms with Crippen molar-refractivity contribution in [3.8, 4) is 5.75 Å². The Morgan fingerprint density at radius 1 is 1.26 bits per heavy atom. The highest BCUT2D eigenvalue weighted by Crippen LogP contribution is 2.12. The van der Waals surface area contributed by atoms with Gasteiger partial charge in [-0.25, -0.2) is 0 Å². The van der Waals surface area contributed by atoms with Crippen LogP contribution in [-0.4, -0.2) is 70.2 Å². The standard InChI is InChI=1S/C13H19N3O3/c17-7-6-15-2-1-3-16(5-4-15)13(19)11-8-12(18)10-14-9-11/h8-10,17-18H,1-7H2. The molecule has 1 saturated heterocycles. The summed E-state index contributed by atoms with van der Waals surface area (Å²) in [6, 6.07) is 1.44. The number of carbonyl (C=O) groups excluding carboxylic acids is 1. The lowest BCUT2D eigenvalue weighted by Crippen LogP contribution is -2.35. The number of aromatic nitrogens is 1. The average molecular weight is 265 g/mol. The van der Waals surface area contributed by atoms with E-state index in [1.807, 2.05) is 0 Å². The van der Waals surface area contributed by atoms with Crippen LogP contribution in [0.25, 0.3) is 0 Å². The molecule has 1 fully saturated rings. The van der Waals surface area contributed by atoms with Gasteiger partial charge >= 0.3 is 0 Å². The molecule has 0 radical (unpaired) electrons. The van der Waals surface area contributed by atoms with E-state index in [9.17, 15) is 9.90 Å². The van der Waals surface area contributed by atoms with Crippen LogP contribution in [-0.2, 0) is 0 Å². The SMILES string of the molecule is O=C(c1cncc(O)c1)N1CCCN(CCO)CC1. The van der Waals surface area contributed by atoms with E-state index in [1.165, 1.54) is 18.5 Å². The van der Waals surface area contributed by atoms with Gasteiger partial charge in [0.05, 0.1) is 18.4 Å². The third-order valence-corrected chi connectivity index (χ3v) is 3.26. The summed E-state index contributed by atoms with van der Waals surface area (Å²) in [6.45, 7) is 3.77. The molecule has 1 aliphatic rings. The van der Waals surface area contributed by atoms with Crippen molar-refractivity contribution in [3.05, 3.63) is 24.0 Å². The minimum Gasteiger partial charge on any atom is -0.506 e. The molecule has 0 atom stereocenters. The van der Waals surface area contributed by atoms with E-state index >= 15 is 0 Å². The molecule has 0 unspecified atom stereocenters. The zero-order valence-electron chi connectivity index (χ0n) is 10.8. The van der Waals surface area contributed by atoms with Gasteiger partial charge in [-0.2, -0.15) is 0 Å². The fourth-order valence-electron chi connectivity index (χ4n) is 2.27. The van der Waals surface area contributed by atoms with Crippen LogP contribution in [0.1, 0.15) is 16.8 Å². The van der Waals surface area contributed by atoms with Crippen LogP contribution >= 0.6 is 0 Å². The van der Waals surface area contributed by atoms with Crippen LogP contribution in [0, 0.1) is 0 Å². The number of amides is 1. The molecule has 0 saturated carbocycles. The van der Waals surface area contributed by atoms with Gasteiger partial charge in [0.1, 0.15) is 5.75 Å². The topological polar surface area (TPSA) is 76.9 Å². The van der Waals surface area contributed by atoms with E-state index < -0.39 is 0 Å². The smallest absolute Gasteiger partial charge is 0.255 e. The van der Waals surface area contributed by atoms with Crippen molar-refractivity contribution >= 4 is 5.91 Å². The lowest BCUT2D eigenvalue weighted by atomic mass is 10.2. The predicted octanol–water partition coefficient (Wildman–Crippen LogP) is -0.0726. The molecule has 6 nitrogen and oxygen atoms in total. The maximum absolute atomic E-state index is 12.3. The number of pyridine rings is 1. The number of aliphatic hydroxyl groups is 1. The first-order valence-corrected chi connectivity index (χ1v) is 6.47. The molecule has 1 aliphatic heterocycles. The number of rotatable bonds is 3. The van der Waals surface area contributed by atoms with Crippen LogP contribution in [0.4, 0.5) is 0 Å². The number of β-amino-alcohol motifs (C(OH)–C–C–N with tert-alkyl or cyclic N) is 1. The molecule has 0 spiro atoms. The average Bonchev–Trinajstić information content (AvgIpc) is 2.64. The number of aliphatic hydroxyl groups excluding tert-OH is 1. The Labute approximate surface area is 112 Å². The first-order valence-electron chi connectivity index (χ1n) is 6.47. The van der Waals surface area contributed by atoms with Gasteiger partial charge in [0.25, 0.3) is 5.91 Å². The summed E-state index contributed by atoms with van der Waals surface area (Å²) in [7, 11) is 0. The van der Waals surface area contributed by atoms with Crippen molar-refractivity contribution in [1.29, 1.82) is 0 Å². The maximum Gasteiger partial charge on any atom is 0.255 e. The summed E-state index contributed by atoms with van der Waals surface area (Å²) in [5.41, 5.74) is 0.413. The van der Waals surface area contributed by atoms with Gasteiger partial charge in [0, 0.05) is 32.4 Å². The minimum atomic E-state index is -0.103. The highest BCUT2D eigenvalue weighted by molar-refractivity contribution is 5.94. The third kappa shape index (κ3) is 3.65. The molecular weight excluding hydrogens is 246 g/mol. The Hall–Kier alpha value is -1.66. The van der Waals surface area contributed by atoms with Crippen LogP contribution in [0.2, 0.25) is 0 Å². The van der Waals surface area contributed by atoms with E-state index in [-0.39, 0.29) is 18.3 Å². The fraction of sp³-hybridized carbons (Fsp3) is 0.538. The fourth-order valence-corrected chi connectivity index (χ4v) is 2.27. The molecule has 0 bridgehead atoms. The lowest BCUT2D eigenvalue weighted by Gasteiger charge is -2.21. The molecule has 1 aromatic heterocycles. The second kappa shape index (κ2) is 6.49. The monoisotopic (exact) mass is 265 g/mol. The number of carbonyl (C=O) groups is 1. The normalized spacial score (nSPS) is 17.2. The molecule has 104 valence electrons. The van der Waals surface area contributed by atoms with Gasteiger partial charge in [0.15, 0.2) is 0 Å². The quantitative estimate of drug-likeness (QED) is 0.800. The molecule has 19 heavy (non-hydrogen) atoms. The molecule has 1 aromatic rings. The Morgan fingerprint density at radius 2 is 2.11 bits per heavy atom. The van der Waals surface area contributed by atoms with Crippen LogP contribution in [0.5, 0.6) is 5.75 Å². The van der Waals surface area contributed by atoms with Gasteiger partial charge in [0.2, 0.25) is 0 Å². The molecule has 1 amide bonds. The zero-order valence-corrected chi connectivity index (χ0v) is 10.8. The van der Waals surface area contributed by atoms with Gasteiger partial charge in [-0.3, -0.25) is 14.7 Å². The molecule has 2 N–H and O–H groups in total. The van der Waals surface area contributed by atoms with Crippen molar-refractivity contribution in [2.75, 3.05) is 39.3 Å². The summed E-state index contributed by atoms with van der Waals surface area (Å²) in [5.74, 6) is -0.100. The summed E-state index contributed by atoms with van der Waals surface area (Å²) in [4.78, 5) is 20.0. The molecule has 0 aliphatic carbocycles. The van der Waals surface area contributed by atoms with Crippen molar-refractivity contribution in [1.82, 2.24) is 14.8 Å². The number of nitrogens with zero attached hydrogens (tertiary/aromatic N) is 3. The third-order valence-electron chi connectivity index (χ3n) is 3.26. The minimum absolute atomic E-state index is 0.00239. The van der Waals surface area contributed by atoms with Crippen LogP contribution in [0.15, 0.2) is 18.5 Å². The van der Waals surface area contributed by atoms with E-state index in [0.29, 0.717) is 25.2 Å². The molecule has 0 aromatic carbocycles. The van der Waals surface area contributed by atoms with Gasteiger partial charge in [-0.1, -0.05) is 0 Å². The van der Waals surface area contributed by atoms with Crippen LogP contribution < -0.4 is 0 Å². The van der Waals surface area contributed by atoms with Gasteiger partial charge in [-0.05, 0) is 19.0 Å². The summed E-state index contributed by atoms with van der Waals surface area (Å²) in [6.07, 6.45) is 3.67. The first kappa shape index (κ1) is 13.8. The van der Waals surface area contributed by atoms with Gasteiger partial charge < -0.3 is 15.1 Å². The summed E-state index contributed by atoms with van der Waals surface area (Å²) >= 11 is 0. The molecule has 6 heteroatoms. The first-order chi connectivity index (χ1) is 9.20. The molecule has 2 heterocycles. The van der Waals surface area contributed by atoms with Crippen molar-refractivity contribution in [2.24, 2.45) is 0 Å². The van der Waals surface area contributed by atoms with E-state index in [2.05, 4.69) is 9.88 Å². The Morgan fingerprint density at radius 3 is 2.84 bits per heavy atom. The Kier molecular flexibility index (Phi) is 4.70. The second-order valence-corrected chi connectivity index (χ2v) is 4.64. The van der Waals surface area contributed by atoms with Crippen molar-refractivity contribution in [2.45, 2.75) is 6.42 Å². The van der Waals surface area contributed by atoms with Gasteiger partial charge in [-0.15, -0.1) is 0 Å². The van der Waals surface area contributed by atoms with Crippen LogP contribution in [0.3, 0.4) is 0 Å². The summed E-state index contributed by atoms with van der Waals surface area (Å²) < 4.78 is 0. The molecule has 2 rings (SSSR count). The predicted molar refractivity (Wildman–Crippen MR) is 69.9 cm³/mol. The second-order valence-electron chi connectivity index (χ2n) is 4.64. The molecular formula is C13H19N3O3. The number of hydrogen-bond acceptors (Lipinski definition) is 5. The highest BCUT2D eigenvalue weighted by Gasteiger charge is 2.20. The zero-order chi connectivity index (χ0) is 13.7. The van der Waals surface area contributed by atoms with E-state index in [1.54, 1.807) is 4.90 Å². The highest BCUT2D eigenvalue weighted by atomic mass is 16.3. The van der Waals surface area contributed by atoms with Crippen molar-refractivity contribution in [3.63, 3.8) is 0 Å².